The van der Waals surface area contributed by atoms with Gasteiger partial charge >= 0.3 is 5.97 Å². The summed E-state index contributed by atoms with van der Waals surface area (Å²) in [5.74, 6) is 1.70. The summed E-state index contributed by atoms with van der Waals surface area (Å²) in [5.41, 5.74) is 0.238. The lowest BCUT2D eigenvalue weighted by atomic mass is 9.62. The molecule has 0 heterocycles. The van der Waals surface area contributed by atoms with Gasteiger partial charge in [0.15, 0.2) is 0 Å². The zero-order valence-corrected chi connectivity index (χ0v) is 14.1. The van der Waals surface area contributed by atoms with E-state index in [0.29, 0.717) is 36.7 Å². The summed E-state index contributed by atoms with van der Waals surface area (Å²) >= 11 is 0. The zero-order chi connectivity index (χ0) is 15.6. The highest BCUT2D eigenvalue weighted by molar-refractivity contribution is 5.69. The molecule has 0 aromatic rings. The summed E-state index contributed by atoms with van der Waals surface area (Å²) in [5, 5.41) is 10.3. The highest BCUT2D eigenvalue weighted by Gasteiger charge is 2.52. The summed E-state index contributed by atoms with van der Waals surface area (Å²) < 4.78 is 5.48. The molecule has 2 aliphatic rings. The number of carbonyl (C=O) groups is 1. The molecule has 0 radical (unpaired) electrons. The van der Waals surface area contributed by atoms with Gasteiger partial charge in [-0.15, -0.1) is 0 Å². The maximum absolute atomic E-state index is 11.7. The largest absolute Gasteiger partial charge is 0.465 e. The van der Waals surface area contributed by atoms with Gasteiger partial charge in [0.1, 0.15) is 0 Å². The van der Waals surface area contributed by atoms with Crippen LogP contribution >= 0.6 is 0 Å². The number of aliphatic hydroxyl groups excluding tert-OH is 1. The first kappa shape index (κ1) is 16.8. The van der Waals surface area contributed by atoms with Crippen molar-refractivity contribution in [1.29, 1.82) is 0 Å². The Balaban J connectivity index is 1.91. The molecule has 1 N–H and O–H groups in total. The Labute approximate surface area is 129 Å². The molecular formula is C18H32O3. The van der Waals surface area contributed by atoms with Gasteiger partial charge in [-0.25, -0.2) is 0 Å². The summed E-state index contributed by atoms with van der Waals surface area (Å²) in [6, 6.07) is 0. The topological polar surface area (TPSA) is 46.5 Å². The Morgan fingerprint density at radius 2 is 2.00 bits per heavy atom. The molecule has 0 saturated heterocycles. The minimum atomic E-state index is -0.121. The maximum Gasteiger partial charge on any atom is 0.306 e. The number of carbonyl (C=O) groups excluding carboxylic acids is 1. The van der Waals surface area contributed by atoms with Crippen molar-refractivity contribution in [3.63, 3.8) is 0 Å². The van der Waals surface area contributed by atoms with Gasteiger partial charge in [-0.2, -0.15) is 0 Å². The average Bonchev–Trinajstić information content (AvgIpc) is 2.74. The van der Waals surface area contributed by atoms with Gasteiger partial charge in [0.2, 0.25) is 0 Å². The molecule has 2 aliphatic carbocycles. The van der Waals surface area contributed by atoms with Gasteiger partial charge in [0.05, 0.1) is 12.7 Å². The van der Waals surface area contributed by atoms with Crippen molar-refractivity contribution < 1.29 is 14.6 Å². The molecular weight excluding hydrogens is 264 g/mol. The van der Waals surface area contributed by atoms with Crippen LogP contribution < -0.4 is 0 Å². The fourth-order valence-corrected chi connectivity index (χ4v) is 4.86. The fraction of sp³-hybridized carbons (Fsp3) is 0.944. The fourth-order valence-electron chi connectivity index (χ4n) is 4.86. The number of hydrogen-bond donors (Lipinski definition) is 1. The second-order valence-corrected chi connectivity index (χ2v) is 8.01. The summed E-state index contributed by atoms with van der Waals surface area (Å²) in [6.45, 7) is 9.17. The van der Waals surface area contributed by atoms with E-state index in [2.05, 4.69) is 13.8 Å². The number of aliphatic hydroxyl groups is 1. The number of esters is 1. The minimum absolute atomic E-state index is 0.0692. The Hall–Kier alpha value is -0.570. The van der Waals surface area contributed by atoms with E-state index in [1.54, 1.807) is 0 Å². The molecule has 122 valence electrons. The van der Waals surface area contributed by atoms with E-state index in [4.69, 9.17) is 4.74 Å². The van der Waals surface area contributed by atoms with Gasteiger partial charge in [-0.3, -0.25) is 4.79 Å². The maximum atomic E-state index is 11.7. The van der Waals surface area contributed by atoms with Crippen molar-refractivity contribution in [3.8, 4) is 0 Å². The summed E-state index contributed by atoms with van der Waals surface area (Å²) in [7, 11) is 0. The smallest absolute Gasteiger partial charge is 0.306 e. The quantitative estimate of drug-likeness (QED) is 0.785. The first-order valence-electron chi connectivity index (χ1n) is 8.68. The predicted octanol–water partition coefficient (Wildman–Crippen LogP) is 3.79. The number of ether oxygens (including phenoxy) is 1. The minimum Gasteiger partial charge on any atom is -0.465 e. The SMILES string of the molecule is CC(C)CC(=O)OC[C@@H](C)[C@H]1CC[C@H]2[C@@H](O)CCC[C@]12C. The molecule has 3 nitrogen and oxygen atoms in total. The normalized spacial score (nSPS) is 37.3. The van der Waals surface area contributed by atoms with Crippen LogP contribution in [0.4, 0.5) is 0 Å². The van der Waals surface area contributed by atoms with Crippen molar-refractivity contribution in [2.45, 2.75) is 72.3 Å². The van der Waals surface area contributed by atoms with E-state index in [-0.39, 0.29) is 17.5 Å². The van der Waals surface area contributed by atoms with Crippen molar-refractivity contribution in [2.24, 2.45) is 29.1 Å². The van der Waals surface area contributed by atoms with Crippen LogP contribution in [0.3, 0.4) is 0 Å². The third-order valence-corrected chi connectivity index (χ3v) is 5.93. The molecule has 2 fully saturated rings. The highest BCUT2D eigenvalue weighted by Crippen LogP contribution is 2.57. The van der Waals surface area contributed by atoms with Gasteiger partial charge in [0, 0.05) is 6.42 Å². The van der Waals surface area contributed by atoms with Crippen LogP contribution in [0.2, 0.25) is 0 Å². The molecule has 0 aromatic heterocycles. The van der Waals surface area contributed by atoms with E-state index in [9.17, 15) is 9.90 Å². The van der Waals surface area contributed by atoms with Crippen LogP contribution in [0.25, 0.3) is 0 Å². The molecule has 2 saturated carbocycles. The molecule has 0 aliphatic heterocycles. The molecule has 0 amide bonds. The Morgan fingerprint density at radius 3 is 2.67 bits per heavy atom. The molecule has 2 rings (SSSR count). The lowest BCUT2D eigenvalue weighted by molar-refractivity contribution is -0.147. The van der Waals surface area contributed by atoms with Crippen molar-refractivity contribution >= 4 is 5.97 Å². The molecule has 0 unspecified atom stereocenters. The first-order valence-corrected chi connectivity index (χ1v) is 8.68. The molecule has 21 heavy (non-hydrogen) atoms. The van der Waals surface area contributed by atoms with Crippen LogP contribution in [-0.2, 0) is 9.53 Å². The third kappa shape index (κ3) is 3.61. The second-order valence-electron chi connectivity index (χ2n) is 8.01. The Morgan fingerprint density at radius 1 is 1.29 bits per heavy atom. The Bertz CT molecular complexity index is 365. The number of hydrogen-bond acceptors (Lipinski definition) is 3. The van der Waals surface area contributed by atoms with Crippen molar-refractivity contribution in [3.05, 3.63) is 0 Å². The van der Waals surface area contributed by atoms with E-state index in [1.807, 2.05) is 13.8 Å². The molecule has 0 spiro atoms. The zero-order valence-electron chi connectivity index (χ0n) is 14.1. The predicted molar refractivity (Wildman–Crippen MR) is 83.8 cm³/mol. The third-order valence-electron chi connectivity index (χ3n) is 5.93. The number of rotatable bonds is 5. The Kier molecular flexibility index (Phi) is 5.34. The van der Waals surface area contributed by atoms with Crippen LogP contribution in [-0.4, -0.2) is 23.8 Å². The molecule has 3 heteroatoms. The van der Waals surface area contributed by atoms with Crippen LogP contribution in [0.5, 0.6) is 0 Å². The lowest BCUT2D eigenvalue weighted by Gasteiger charge is -2.45. The van der Waals surface area contributed by atoms with Crippen LogP contribution in [0.15, 0.2) is 0 Å². The molecule has 5 atom stereocenters. The van der Waals surface area contributed by atoms with Crippen molar-refractivity contribution in [2.75, 3.05) is 6.61 Å². The summed E-state index contributed by atoms with van der Waals surface area (Å²) in [6.07, 6.45) is 5.99. The highest BCUT2D eigenvalue weighted by atomic mass is 16.5. The average molecular weight is 296 g/mol. The standard InChI is InChI=1S/C18H32O3/c1-12(2)10-17(20)21-11-13(3)14-7-8-15-16(19)6-5-9-18(14,15)4/h12-16,19H,5-11H2,1-4H3/t13-,14-,15+,16+,18-/m1/s1. The van der Waals surface area contributed by atoms with Crippen LogP contribution in [0, 0.1) is 29.1 Å². The van der Waals surface area contributed by atoms with Gasteiger partial charge in [0.25, 0.3) is 0 Å². The van der Waals surface area contributed by atoms with Gasteiger partial charge in [-0.05, 0) is 54.8 Å². The van der Waals surface area contributed by atoms with E-state index in [0.717, 1.165) is 19.3 Å². The van der Waals surface area contributed by atoms with E-state index in [1.165, 1.54) is 12.8 Å². The van der Waals surface area contributed by atoms with Gasteiger partial charge < -0.3 is 9.84 Å². The van der Waals surface area contributed by atoms with Gasteiger partial charge in [-0.1, -0.05) is 34.1 Å². The van der Waals surface area contributed by atoms with Crippen molar-refractivity contribution in [1.82, 2.24) is 0 Å². The van der Waals surface area contributed by atoms with E-state index < -0.39 is 0 Å². The first-order chi connectivity index (χ1) is 9.84. The van der Waals surface area contributed by atoms with Crippen LogP contribution in [0.1, 0.15) is 66.2 Å². The number of fused-ring (bicyclic) bond motifs is 1. The lowest BCUT2D eigenvalue weighted by Crippen LogP contribution is -2.42. The van der Waals surface area contributed by atoms with E-state index >= 15 is 0 Å². The second kappa shape index (κ2) is 6.68. The monoisotopic (exact) mass is 296 g/mol. The summed E-state index contributed by atoms with van der Waals surface area (Å²) in [4.78, 5) is 11.7. The molecule has 0 bridgehead atoms. The molecule has 0 aromatic carbocycles.